The standard InChI is InChI=1S/C22H29NO2/c1-25-22-16-14-21(15-17-22)23-20(13-7-8-18-24)12-6-5-11-19-9-3-2-4-10-19/h2-6,9-10,14-17,20,23-24H,7-8,11-13,18H2,1H3/b6-5+. The van der Waals surface area contributed by atoms with Crippen LogP contribution in [0.4, 0.5) is 5.69 Å². The molecule has 0 aromatic heterocycles. The molecule has 0 amide bonds. The normalized spacial score (nSPS) is 12.2. The Morgan fingerprint density at radius 3 is 2.44 bits per heavy atom. The minimum atomic E-state index is 0.263. The van der Waals surface area contributed by atoms with Crippen molar-refractivity contribution in [2.75, 3.05) is 19.0 Å². The number of hydrogen-bond acceptors (Lipinski definition) is 3. The second-order valence-electron chi connectivity index (χ2n) is 6.19. The number of aliphatic hydroxyl groups excluding tert-OH is 1. The van der Waals surface area contributed by atoms with Crippen LogP contribution in [-0.2, 0) is 6.42 Å². The fourth-order valence-electron chi connectivity index (χ4n) is 2.77. The molecule has 1 atom stereocenters. The van der Waals surface area contributed by atoms with Gasteiger partial charge in [0.15, 0.2) is 0 Å². The zero-order valence-corrected chi connectivity index (χ0v) is 15.0. The molecule has 0 radical (unpaired) electrons. The third-order valence-electron chi connectivity index (χ3n) is 4.21. The zero-order chi connectivity index (χ0) is 17.7. The zero-order valence-electron chi connectivity index (χ0n) is 15.0. The quantitative estimate of drug-likeness (QED) is 0.455. The molecule has 2 rings (SSSR count). The van der Waals surface area contributed by atoms with Gasteiger partial charge in [-0.25, -0.2) is 0 Å². The third-order valence-corrected chi connectivity index (χ3v) is 4.21. The molecule has 2 N–H and O–H groups in total. The minimum absolute atomic E-state index is 0.263. The van der Waals surface area contributed by atoms with Crippen molar-refractivity contribution in [3.05, 3.63) is 72.3 Å². The Kier molecular flexibility index (Phi) is 8.64. The van der Waals surface area contributed by atoms with Gasteiger partial charge in [-0.05, 0) is 61.9 Å². The number of rotatable bonds is 11. The van der Waals surface area contributed by atoms with Crippen LogP contribution < -0.4 is 10.1 Å². The van der Waals surface area contributed by atoms with E-state index < -0.39 is 0 Å². The van der Waals surface area contributed by atoms with Crippen LogP contribution in [0.15, 0.2) is 66.7 Å². The van der Waals surface area contributed by atoms with Crippen LogP contribution in [0.2, 0.25) is 0 Å². The van der Waals surface area contributed by atoms with E-state index in [0.29, 0.717) is 6.04 Å². The van der Waals surface area contributed by atoms with Gasteiger partial charge in [-0.15, -0.1) is 0 Å². The average molecular weight is 339 g/mol. The van der Waals surface area contributed by atoms with Crippen molar-refractivity contribution in [3.8, 4) is 5.75 Å². The number of aliphatic hydroxyl groups is 1. The van der Waals surface area contributed by atoms with Gasteiger partial charge in [0.05, 0.1) is 7.11 Å². The number of ether oxygens (including phenoxy) is 1. The number of unbranched alkanes of at least 4 members (excludes halogenated alkanes) is 1. The molecule has 1 unspecified atom stereocenters. The topological polar surface area (TPSA) is 41.5 Å². The second-order valence-corrected chi connectivity index (χ2v) is 6.19. The SMILES string of the molecule is COc1ccc(NC(C/C=C/Cc2ccccc2)CCCCO)cc1. The Labute approximate surface area is 151 Å². The lowest BCUT2D eigenvalue weighted by molar-refractivity contribution is 0.282. The molecular formula is C22H29NO2. The molecule has 2 aromatic carbocycles. The second kappa shape index (κ2) is 11.3. The van der Waals surface area contributed by atoms with E-state index in [9.17, 15) is 0 Å². The van der Waals surface area contributed by atoms with E-state index in [4.69, 9.17) is 9.84 Å². The van der Waals surface area contributed by atoms with E-state index in [0.717, 1.165) is 43.5 Å². The maximum absolute atomic E-state index is 9.02. The molecule has 0 aliphatic heterocycles. The van der Waals surface area contributed by atoms with Crippen LogP contribution in [0, 0.1) is 0 Å². The molecule has 134 valence electrons. The summed E-state index contributed by atoms with van der Waals surface area (Å²) < 4.78 is 5.21. The van der Waals surface area contributed by atoms with Crippen molar-refractivity contribution < 1.29 is 9.84 Å². The minimum Gasteiger partial charge on any atom is -0.497 e. The smallest absolute Gasteiger partial charge is 0.119 e. The van der Waals surface area contributed by atoms with Crippen LogP contribution in [0.25, 0.3) is 0 Å². The molecule has 0 aliphatic carbocycles. The molecule has 0 saturated carbocycles. The first kappa shape index (κ1) is 19.1. The fourth-order valence-corrected chi connectivity index (χ4v) is 2.77. The number of allylic oxidation sites excluding steroid dienone is 1. The molecular weight excluding hydrogens is 310 g/mol. The largest absolute Gasteiger partial charge is 0.497 e. The molecule has 0 saturated heterocycles. The summed E-state index contributed by atoms with van der Waals surface area (Å²) in [6.07, 6.45) is 9.36. The van der Waals surface area contributed by atoms with Crippen LogP contribution in [0.1, 0.15) is 31.2 Å². The first-order chi connectivity index (χ1) is 12.3. The molecule has 0 spiro atoms. The highest BCUT2D eigenvalue weighted by Gasteiger charge is 2.07. The van der Waals surface area contributed by atoms with E-state index in [1.807, 2.05) is 30.3 Å². The van der Waals surface area contributed by atoms with Crippen molar-refractivity contribution in [2.24, 2.45) is 0 Å². The summed E-state index contributed by atoms with van der Waals surface area (Å²) >= 11 is 0. The van der Waals surface area contributed by atoms with Crippen LogP contribution in [0.3, 0.4) is 0 Å². The monoisotopic (exact) mass is 339 g/mol. The summed E-state index contributed by atoms with van der Waals surface area (Å²) in [7, 11) is 1.68. The summed E-state index contributed by atoms with van der Waals surface area (Å²) in [5.74, 6) is 0.866. The molecule has 3 nitrogen and oxygen atoms in total. The molecule has 0 bridgehead atoms. The lowest BCUT2D eigenvalue weighted by atomic mass is 10.0. The van der Waals surface area contributed by atoms with E-state index in [2.05, 4.69) is 41.7 Å². The van der Waals surface area contributed by atoms with Gasteiger partial charge in [-0.2, -0.15) is 0 Å². The first-order valence-corrected chi connectivity index (χ1v) is 9.02. The van der Waals surface area contributed by atoms with Gasteiger partial charge in [0.1, 0.15) is 5.75 Å². The first-order valence-electron chi connectivity index (χ1n) is 9.02. The predicted molar refractivity (Wildman–Crippen MR) is 105 cm³/mol. The highest BCUT2D eigenvalue weighted by molar-refractivity contribution is 5.47. The van der Waals surface area contributed by atoms with E-state index in [1.54, 1.807) is 7.11 Å². The van der Waals surface area contributed by atoms with Crippen molar-refractivity contribution >= 4 is 5.69 Å². The van der Waals surface area contributed by atoms with E-state index in [-0.39, 0.29) is 6.61 Å². The van der Waals surface area contributed by atoms with Gasteiger partial charge in [-0.1, -0.05) is 42.5 Å². The maximum atomic E-state index is 9.02. The van der Waals surface area contributed by atoms with Gasteiger partial charge in [-0.3, -0.25) is 0 Å². The highest BCUT2D eigenvalue weighted by atomic mass is 16.5. The average Bonchev–Trinajstić information content (AvgIpc) is 2.66. The van der Waals surface area contributed by atoms with Crippen LogP contribution in [-0.4, -0.2) is 24.9 Å². The molecule has 0 aliphatic rings. The van der Waals surface area contributed by atoms with Gasteiger partial charge in [0.2, 0.25) is 0 Å². The van der Waals surface area contributed by atoms with E-state index >= 15 is 0 Å². The molecule has 25 heavy (non-hydrogen) atoms. The maximum Gasteiger partial charge on any atom is 0.119 e. The summed E-state index contributed by atoms with van der Waals surface area (Å²) in [5.41, 5.74) is 2.44. The Hall–Kier alpha value is -2.26. The third kappa shape index (κ3) is 7.44. The molecule has 3 heteroatoms. The molecule has 0 fully saturated rings. The van der Waals surface area contributed by atoms with Crippen LogP contribution in [0.5, 0.6) is 5.75 Å². The van der Waals surface area contributed by atoms with Crippen molar-refractivity contribution in [2.45, 2.75) is 38.1 Å². The molecule has 2 aromatic rings. The highest BCUT2D eigenvalue weighted by Crippen LogP contribution is 2.18. The van der Waals surface area contributed by atoms with Gasteiger partial charge >= 0.3 is 0 Å². The van der Waals surface area contributed by atoms with Crippen molar-refractivity contribution in [1.29, 1.82) is 0 Å². The summed E-state index contributed by atoms with van der Waals surface area (Å²) in [4.78, 5) is 0. The molecule has 0 heterocycles. The summed E-state index contributed by atoms with van der Waals surface area (Å²) in [5, 5.41) is 12.6. The number of anilines is 1. The Bertz CT molecular complexity index is 608. The Morgan fingerprint density at radius 2 is 1.76 bits per heavy atom. The van der Waals surface area contributed by atoms with Crippen LogP contribution >= 0.6 is 0 Å². The number of nitrogens with one attached hydrogen (secondary N) is 1. The van der Waals surface area contributed by atoms with Gasteiger partial charge in [0.25, 0.3) is 0 Å². The summed E-state index contributed by atoms with van der Waals surface area (Å²) in [6.45, 7) is 0.263. The Morgan fingerprint density at radius 1 is 1.00 bits per heavy atom. The van der Waals surface area contributed by atoms with E-state index in [1.165, 1.54) is 5.56 Å². The number of benzene rings is 2. The summed E-state index contributed by atoms with van der Waals surface area (Å²) in [6, 6.07) is 18.9. The fraction of sp³-hybridized carbons (Fsp3) is 0.364. The lowest BCUT2D eigenvalue weighted by Crippen LogP contribution is -2.18. The number of hydrogen-bond donors (Lipinski definition) is 2. The number of methoxy groups -OCH3 is 1. The van der Waals surface area contributed by atoms with Gasteiger partial charge < -0.3 is 15.2 Å². The predicted octanol–water partition coefficient (Wildman–Crippen LogP) is 4.83. The van der Waals surface area contributed by atoms with Crippen molar-refractivity contribution in [1.82, 2.24) is 0 Å². The lowest BCUT2D eigenvalue weighted by Gasteiger charge is -2.18. The van der Waals surface area contributed by atoms with Crippen molar-refractivity contribution in [3.63, 3.8) is 0 Å². The Balaban J connectivity index is 1.87. The van der Waals surface area contributed by atoms with Gasteiger partial charge in [0, 0.05) is 18.3 Å².